The van der Waals surface area contributed by atoms with E-state index in [4.69, 9.17) is 9.47 Å². The van der Waals surface area contributed by atoms with Crippen LogP contribution in [0.1, 0.15) is 46.5 Å². The molecule has 180 valence electrons. The predicted molar refractivity (Wildman–Crippen MR) is 122 cm³/mol. The largest absolute Gasteiger partial charge is 0.466 e. The molecule has 2 bridgehead atoms. The summed E-state index contributed by atoms with van der Waals surface area (Å²) in [4.78, 5) is 43.6. The van der Waals surface area contributed by atoms with Crippen LogP contribution in [0.3, 0.4) is 0 Å². The minimum atomic E-state index is -1.09. The second kappa shape index (κ2) is 10.2. The van der Waals surface area contributed by atoms with E-state index in [1.807, 2.05) is 6.92 Å². The highest BCUT2D eigenvalue weighted by Crippen LogP contribution is 2.60. The first-order valence-corrected chi connectivity index (χ1v) is 12.5. The van der Waals surface area contributed by atoms with Crippen LogP contribution < -0.4 is 0 Å². The predicted octanol–water partition coefficient (Wildman–Crippen LogP) is 1.88. The smallest absolute Gasteiger partial charge is 0.312 e. The minimum absolute atomic E-state index is 0.0324. The van der Waals surface area contributed by atoms with Gasteiger partial charge in [0.05, 0.1) is 24.5 Å². The second-order valence-electron chi connectivity index (χ2n) is 8.94. The molecule has 8 nitrogen and oxygen atoms in total. The van der Waals surface area contributed by atoms with Gasteiger partial charge in [0.15, 0.2) is 0 Å². The molecule has 3 aliphatic heterocycles. The summed E-state index contributed by atoms with van der Waals surface area (Å²) in [6.07, 6.45) is 3.72. The molecule has 3 heterocycles. The molecule has 0 aromatic carbocycles. The van der Waals surface area contributed by atoms with Crippen molar-refractivity contribution in [1.29, 1.82) is 0 Å². The van der Waals surface area contributed by atoms with Gasteiger partial charge in [0.25, 0.3) is 0 Å². The van der Waals surface area contributed by atoms with Crippen LogP contribution in [0.4, 0.5) is 0 Å². The maximum atomic E-state index is 14.0. The number of amides is 2. The van der Waals surface area contributed by atoms with E-state index in [2.05, 4.69) is 29.4 Å². The molecule has 0 radical (unpaired) electrons. The first-order chi connectivity index (χ1) is 15.3. The Bertz CT molecular complexity index is 748. The summed E-state index contributed by atoms with van der Waals surface area (Å²) in [7, 11) is 0. The zero-order valence-corrected chi connectivity index (χ0v) is 20.8. The van der Waals surface area contributed by atoms with Crippen molar-refractivity contribution in [3.8, 4) is 0 Å². The number of esters is 1. The number of hydrogen-bond donors (Lipinski definition) is 1. The number of alkyl halides is 1. The molecule has 1 N–H and O–H groups in total. The third kappa shape index (κ3) is 4.01. The zero-order chi connectivity index (χ0) is 23.6. The van der Waals surface area contributed by atoms with Crippen LogP contribution in [0.5, 0.6) is 0 Å². The van der Waals surface area contributed by atoms with Crippen molar-refractivity contribution in [2.75, 3.05) is 26.3 Å². The number of nitrogens with zero attached hydrogens (tertiary/aromatic N) is 2. The molecular weight excluding hydrogens is 480 g/mol. The lowest BCUT2D eigenvalue weighted by Gasteiger charge is -2.39. The number of likely N-dealkylation sites (tertiary alicyclic amines) is 1. The summed E-state index contributed by atoms with van der Waals surface area (Å²) in [6.45, 7) is 10.3. The molecule has 32 heavy (non-hydrogen) atoms. The summed E-state index contributed by atoms with van der Waals surface area (Å²) < 4.78 is 11.7. The van der Waals surface area contributed by atoms with Crippen LogP contribution in [-0.4, -0.2) is 87.6 Å². The number of ether oxygens (including phenoxy) is 2. The van der Waals surface area contributed by atoms with Gasteiger partial charge >= 0.3 is 5.97 Å². The van der Waals surface area contributed by atoms with Gasteiger partial charge < -0.3 is 24.4 Å². The van der Waals surface area contributed by atoms with E-state index in [0.717, 1.165) is 12.8 Å². The maximum absolute atomic E-state index is 14.0. The van der Waals surface area contributed by atoms with Crippen molar-refractivity contribution in [1.82, 2.24) is 9.80 Å². The van der Waals surface area contributed by atoms with Crippen molar-refractivity contribution >= 4 is 33.7 Å². The van der Waals surface area contributed by atoms with Gasteiger partial charge in [0, 0.05) is 30.6 Å². The average molecular weight is 515 g/mol. The van der Waals surface area contributed by atoms with Crippen molar-refractivity contribution in [2.45, 2.75) is 75.1 Å². The topological polar surface area (TPSA) is 96.4 Å². The number of rotatable bonds is 11. The highest BCUT2D eigenvalue weighted by molar-refractivity contribution is 9.09. The Hall–Kier alpha value is -1.45. The fraction of sp³-hybridized carbons (Fsp3) is 0.783. The van der Waals surface area contributed by atoms with E-state index in [-0.39, 0.29) is 42.4 Å². The molecule has 4 unspecified atom stereocenters. The molecule has 3 aliphatic rings. The fourth-order valence-corrected chi connectivity index (χ4v) is 6.70. The van der Waals surface area contributed by atoms with Gasteiger partial charge in [0.2, 0.25) is 11.8 Å². The maximum Gasteiger partial charge on any atom is 0.312 e. The molecule has 0 saturated carbocycles. The van der Waals surface area contributed by atoms with Crippen molar-refractivity contribution < 1.29 is 29.0 Å². The highest BCUT2D eigenvalue weighted by Gasteiger charge is 2.77. The summed E-state index contributed by atoms with van der Waals surface area (Å²) in [5.41, 5.74) is -1.09. The van der Waals surface area contributed by atoms with Crippen LogP contribution in [0.2, 0.25) is 0 Å². The van der Waals surface area contributed by atoms with Crippen LogP contribution in [0.25, 0.3) is 0 Å². The molecule has 0 aromatic heterocycles. The van der Waals surface area contributed by atoms with Gasteiger partial charge in [-0.25, -0.2) is 0 Å². The number of halogens is 1. The molecular formula is C23H35BrN2O6. The SMILES string of the molecule is C=CCN(C(=O)C1N(CCCO)C(=O)[C@@H]2[C@H](C(=O)OCC)[C@H]3OC12CC3Br)C(C)CCC. The highest BCUT2D eigenvalue weighted by atomic mass is 79.9. The van der Waals surface area contributed by atoms with Crippen LogP contribution >= 0.6 is 15.9 Å². The molecule has 3 saturated heterocycles. The lowest BCUT2D eigenvalue weighted by atomic mass is 9.70. The molecule has 0 aliphatic carbocycles. The number of hydrogen-bond acceptors (Lipinski definition) is 6. The van der Waals surface area contributed by atoms with Gasteiger partial charge in [-0.05, 0) is 33.1 Å². The van der Waals surface area contributed by atoms with Crippen LogP contribution in [0.15, 0.2) is 12.7 Å². The van der Waals surface area contributed by atoms with Gasteiger partial charge in [-0.1, -0.05) is 35.4 Å². The van der Waals surface area contributed by atoms with E-state index < -0.39 is 35.6 Å². The normalized spacial score (nSPS) is 33.8. The molecule has 3 rings (SSSR count). The van der Waals surface area contributed by atoms with Gasteiger partial charge in [-0.15, -0.1) is 6.58 Å². The quantitative estimate of drug-likeness (QED) is 0.257. The van der Waals surface area contributed by atoms with E-state index in [0.29, 0.717) is 19.4 Å². The lowest BCUT2D eigenvalue weighted by molar-refractivity contribution is -0.155. The third-order valence-corrected chi connectivity index (χ3v) is 7.83. The van der Waals surface area contributed by atoms with Crippen molar-refractivity contribution in [2.24, 2.45) is 11.8 Å². The summed E-state index contributed by atoms with van der Waals surface area (Å²) in [6, 6.07) is -0.884. The molecule has 2 amide bonds. The monoisotopic (exact) mass is 514 g/mol. The summed E-state index contributed by atoms with van der Waals surface area (Å²) in [5, 5.41) is 9.41. The van der Waals surface area contributed by atoms with Gasteiger partial charge in [-0.3, -0.25) is 14.4 Å². The molecule has 1 spiro atoms. The second-order valence-corrected chi connectivity index (χ2v) is 10.1. The molecule has 0 aromatic rings. The van der Waals surface area contributed by atoms with Gasteiger partial charge in [-0.2, -0.15) is 0 Å². The van der Waals surface area contributed by atoms with Gasteiger partial charge in [0.1, 0.15) is 11.6 Å². The minimum Gasteiger partial charge on any atom is -0.466 e. The van der Waals surface area contributed by atoms with Crippen LogP contribution in [-0.2, 0) is 23.9 Å². The Morgan fingerprint density at radius 1 is 1.47 bits per heavy atom. The number of carbonyl (C=O) groups is 3. The Kier molecular flexibility index (Phi) is 8.04. The standard InChI is InChI=1S/C23H35BrN2O6/c1-5-9-14(4)25(10-6-2)21(29)19-23-13-15(24)18(32-23)16(22(30)31-7-3)17(23)20(28)26(19)11-8-12-27/h6,14-19,27H,2,5,7-13H2,1,3-4H3/t14?,15?,16-,17-,18-,19?,23?/m0/s1. The zero-order valence-electron chi connectivity index (χ0n) is 19.2. The molecule has 7 atom stereocenters. The summed E-state index contributed by atoms with van der Waals surface area (Å²) >= 11 is 3.63. The van der Waals surface area contributed by atoms with Crippen molar-refractivity contribution in [3.63, 3.8) is 0 Å². The number of aliphatic hydroxyl groups excluding tert-OH is 1. The third-order valence-electron chi connectivity index (χ3n) is 6.99. The van der Waals surface area contributed by atoms with E-state index in [1.54, 1.807) is 17.9 Å². The Labute approximate surface area is 198 Å². The first kappa shape index (κ1) is 25.2. The van der Waals surface area contributed by atoms with Crippen LogP contribution in [0, 0.1) is 11.8 Å². The number of carbonyl (C=O) groups excluding carboxylic acids is 3. The molecule has 3 fully saturated rings. The van der Waals surface area contributed by atoms with E-state index in [9.17, 15) is 19.5 Å². The Morgan fingerprint density at radius 2 is 2.19 bits per heavy atom. The van der Waals surface area contributed by atoms with E-state index in [1.165, 1.54) is 4.90 Å². The first-order valence-electron chi connectivity index (χ1n) is 11.6. The Morgan fingerprint density at radius 3 is 2.78 bits per heavy atom. The lowest BCUT2D eigenvalue weighted by Crippen LogP contribution is -2.58. The van der Waals surface area contributed by atoms with Crippen molar-refractivity contribution in [3.05, 3.63) is 12.7 Å². The van der Waals surface area contributed by atoms with E-state index >= 15 is 0 Å². The summed E-state index contributed by atoms with van der Waals surface area (Å²) in [5.74, 6) is -2.43. The Balaban J connectivity index is 2.04. The average Bonchev–Trinajstić information content (AvgIpc) is 3.34. The molecule has 9 heteroatoms. The number of aliphatic hydroxyl groups is 1. The number of fused-ring (bicyclic) bond motifs is 1. The fourth-order valence-electron chi connectivity index (χ4n) is 5.76.